The number of hydrogen-bond acceptors (Lipinski definition) is 5. The Bertz CT molecular complexity index is 1320. The summed E-state index contributed by atoms with van der Waals surface area (Å²) in [6.07, 6.45) is 0.225. The second-order valence-electron chi connectivity index (χ2n) is 7.73. The number of aryl methyl sites for hydroxylation is 1. The van der Waals surface area contributed by atoms with Crippen LogP contribution >= 0.6 is 0 Å². The molecule has 33 heavy (non-hydrogen) atoms. The fourth-order valence-electron chi connectivity index (χ4n) is 3.87. The van der Waals surface area contributed by atoms with E-state index in [1.807, 2.05) is 17.7 Å². The van der Waals surface area contributed by atoms with Gasteiger partial charge in [0, 0.05) is 19.2 Å². The van der Waals surface area contributed by atoms with Crippen molar-refractivity contribution in [1.29, 1.82) is 0 Å². The van der Waals surface area contributed by atoms with Crippen LogP contribution in [0.5, 0.6) is 0 Å². The van der Waals surface area contributed by atoms with Gasteiger partial charge in [-0.3, -0.25) is 0 Å². The number of pyridine rings is 1. The molecule has 0 spiro atoms. The Labute approximate surface area is 188 Å². The number of amides is 1. The summed E-state index contributed by atoms with van der Waals surface area (Å²) < 4.78 is 63.6. The average Bonchev–Trinajstić information content (AvgIpc) is 3.10. The zero-order valence-corrected chi connectivity index (χ0v) is 18.7. The lowest BCUT2D eigenvalue weighted by Gasteiger charge is -2.31. The van der Waals surface area contributed by atoms with E-state index in [0.717, 1.165) is 24.7 Å². The summed E-state index contributed by atoms with van der Waals surface area (Å²) in [4.78, 5) is 16.5. The molecule has 3 aromatic rings. The van der Waals surface area contributed by atoms with Gasteiger partial charge >= 0.3 is 6.09 Å². The molecule has 2 aromatic heterocycles. The van der Waals surface area contributed by atoms with Crippen LogP contribution in [0.25, 0.3) is 16.9 Å². The van der Waals surface area contributed by atoms with Crippen LogP contribution in [0.15, 0.2) is 35.4 Å². The molecule has 12 heteroatoms. The minimum Gasteiger partial charge on any atom is -0.465 e. The van der Waals surface area contributed by atoms with E-state index in [9.17, 15) is 18.3 Å². The molecule has 1 atom stereocenters. The van der Waals surface area contributed by atoms with E-state index >= 15 is 8.78 Å². The van der Waals surface area contributed by atoms with Gasteiger partial charge in [-0.05, 0) is 43.8 Å². The van der Waals surface area contributed by atoms with Crippen LogP contribution in [0.1, 0.15) is 11.3 Å². The molecule has 1 amide bonds. The third-order valence-electron chi connectivity index (χ3n) is 5.54. The molecular formula is C21H22F2N4O5S. The predicted molar refractivity (Wildman–Crippen MR) is 115 cm³/mol. The van der Waals surface area contributed by atoms with Gasteiger partial charge in [0.25, 0.3) is 0 Å². The van der Waals surface area contributed by atoms with Crippen LogP contribution < -0.4 is 4.72 Å². The van der Waals surface area contributed by atoms with Crippen molar-refractivity contribution in [2.45, 2.75) is 24.3 Å². The van der Waals surface area contributed by atoms with E-state index in [1.54, 1.807) is 16.7 Å². The number of carbonyl (C=O) groups is 1. The van der Waals surface area contributed by atoms with Crippen molar-refractivity contribution < 1.29 is 31.8 Å². The number of hydrogen-bond donors (Lipinski definition) is 2. The van der Waals surface area contributed by atoms with Crippen LogP contribution in [0.2, 0.25) is 0 Å². The molecule has 1 fully saturated rings. The van der Waals surface area contributed by atoms with Crippen LogP contribution in [-0.2, 0) is 21.2 Å². The second kappa shape index (κ2) is 8.69. The molecule has 1 saturated heterocycles. The molecule has 9 nitrogen and oxygen atoms in total. The standard InChI is InChI=1S/C21H22F2N4O5S/c1-12-3-4-27-17(8-13-11-26(21(28)29)5-6-32-13)20(25-18(27)7-12)19-15(22)9-14(10-16(19)23)33(30,31)24-2/h3-4,7,9-10,13,24H,5-6,8,11H2,1-2H3,(H,28,29)/t13-/m0/s1. The highest BCUT2D eigenvalue weighted by molar-refractivity contribution is 7.89. The van der Waals surface area contributed by atoms with Gasteiger partial charge in [-0.15, -0.1) is 0 Å². The Morgan fingerprint density at radius 2 is 2.00 bits per heavy atom. The topological polar surface area (TPSA) is 113 Å². The monoisotopic (exact) mass is 480 g/mol. The molecular weight excluding hydrogens is 458 g/mol. The maximum absolute atomic E-state index is 15.1. The zero-order valence-electron chi connectivity index (χ0n) is 17.9. The predicted octanol–water partition coefficient (Wildman–Crippen LogP) is 2.42. The van der Waals surface area contributed by atoms with Gasteiger partial charge in [-0.1, -0.05) is 0 Å². The fourth-order valence-corrected chi connectivity index (χ4v) is 4.63. The summed E-state index contributed by atoms with van der Waals surface area (Å²) in [7, 11) is -2.91. The lowest BCUT2D eigenvalue weighted by Crippen LogP contribution is -2.45. The molecule has 0 bridgehead atoms. The first-order valence-corrected chi connectivity index (χ1v) is 11.6. The van der Waals surface area contributed by atoms with E-state index in [-0.39, 0.29) is 31.8 Å². The van der Waals surface area contributed by atoms with E-state index in [2.05, 4.69) is 4.98 Å². The van der Waals surface area contributed by atoms with Crippen molar-refractivity contribution in [1.82, 2.24) is 19.0 Å². The normalized spacial score (nSPS) is 17.0. The number of aromatic nitrogens is 2. The molecule has 1 aromatic carbocycles. The number of ether oxygens (including phenoxy) is 1. The van der Waals surface area contributed by atoms with E-state index < -0.39 is 44.3 Å². The summed E-state index contributed by atoms with van der Waals surface area (Å²) in [5, 5.41) is 9.30. The largest absolute Gasteiger partial charge is 0.465 e. The number of fused-ring (bicyclic) bond motifs is 1. The highest BCUT2D eigenvalue weighted by Crippen LogP contribution is 2.32. The van der Waals surface area contributed by atoms with E-state index in [1.165, 1.54) is 4.90 Å². The van der Waals surface area contributed by atoms with Gasteiger partial charge in [0.1, 0.15) is 17.3 Å². The molecule has 2 N–H and O–H groups in total. The smallest absolute Gasteiger partial charge is 0.407 e. The highest BCUT2D eigenvalue weighted by atomic mass is 32.2. The van der Waals surface area contributed by atoms with Crippen molar-refractivity contribution >= 4 is 21.8 Å². The number of nitrogens with zero attached hydrogens (tertiary/aromatic N) is 3. The Morgan fingerprint density at radius 3 is 2.64 bits per heavy atom. The van der Waals surface area contributed by atoms with Crippen LogP contribution in [0.3, 0.4) is 0 Å². The summed E-state index contributed by atoms with van der Waals surface area (Å²) in [6.45, 7) is 2.37. The molecule has 0 unspecified atom stereocenters. The van der Waals surface area contributed by atoms with Crippen LogP contribution in [-0.4, -0.2) is 66.8 Å². The Hall–Kier alpha value is -3.09. The van der Waals surface area contributed by atoms with E-state index in [0.29, 0.717) is 11.3 Å². The third kappa shape index (κ3) is 4.41. The van der Waals surface area contributed by atoms with Gasteiger partial charge in [0.15, 0.2) is 0 Å². The quantitative estimate of drug-likeness (QED) is 0.580. The van der Waals surface area contributed by atoms with Gasteiger partial charge in [-0.25, -0.2) is 31.7 Å². The number of morpholine rings is 1. The lowest BCUT2D eigenvalue weighted by molar-refractivity contribution is -0.0214. The first kappa shape index (κ1) is 23.1. The van der Waals surface area contributed by atoms with Crippen molar-refractivity contribution in [3.8, 4) is 11.3 Å². The number of rotatable bonds is 5. The van der Waals surface area contributed by atoms with Crippen molar-refractivity contribution in [3.05, 3.63) is 53.4 Å². The van der Waals surface area contributed by atoms with Gasteiger partial charge in [-0.2, -0.15) is 0 Å². The molecule has 1 aliphatic rings. The van der Waals surface area contributed by atoms with Crippen LogP contribution in [0, 0.1) is 18.6 Å². The van der Waals surface area contributed by atoms with Gasteiger partial charge in [0.05, 0.1) is 41.1 Å². The summed E-state index contributed by atoms with van der Waals surface area (Å²) in [6, 6.07) is 5.04. The number of benzene rings is 1. The first-order valence-electron chi connectivity index (χ1n) is 10.1. The van der Waals surface area contributed by atoms with Crippen LogP contribution in [0.4, 0.5) is 13.6 Å². The fraction of sp³-hybridized carbons (Fsp3) is 0.333. The molecule has 176 valence electrons. The number of nitrogens with one attached hydrogen (secondary N) is 1. The lowest BCUT2D eigenvalue weighted by atomic mass is 10.0. The first-order chi connectivity index (χ1) is 15.6. The zero-order chi connectivity index (χ0) is 23.9. The minimum absolute atomic E-state index is 0.0000501. The van der Waals surface area contributed by atoms with Crippen molar-refractivity contribution in [2.24, 2.45) is 0 Å². The minimum atomic E-state index is -4.06. The molecule has 1 aliphatic heterocycles. The molecule has 0 saturated carbocycles. The second-order valence-corrected chi connectivity index (χ2v) is 9.62. The number of sulfonamides is 1. The SMILES string of the molecule is CNS(=O)(=O)c1cc(F)c(-c2nc3cc(C)ccn3c2C[C@H]2CN(C(=O)O)CCO2)c(F)c1. The van der Waals surface area contributed by atoms with Crippen molar-refractivity contribution in [3.63, 3.8) is 0 Å². The summed E-state index contributed by atoms with van der Waals surface area (Å²) in [5.74, 6) is -2.16. The Balaban J connectivity index is 1.84. The Morgan fingerprint density at radius 1 is 1.30 bits per heavy atom. The molecule has 4 rings (SSSR count). The third-order valence-corrected chi connectivity index (χ3v) is 6.94. The summed E-state index contributed by atoms with van der Waals surface area (Å²) in [5.41, 5.74) is 1.28. The Kier molecular flexibility index (Phi) is 6.08. The summed E-state index contributed by atoms with van der Waals surface area (Å²) >= 11 is 0. The molecule has 3 heterocycles. The number of imidazole rings is 1. The van der Waals surface area contributed by atoms with E-state index in [4.69, 9.17) is 4.74 Å². The van der Waals surface area contributed by atoms with Gasteiger partial charge < -0.3 is 19.1 Å². The number of carboxylic acid groups (broad SMARTS) is 1. The highest BCUT2D eigenvalue weighted by Gasteiger charge is 2.29. The van der Waals surface area contributed by atoms with Crippen molar-refractivity contribution in [2.75, 3.05) is 26.7 Å². The average molecular weight is 480 g/mol. The maximum Gasteiger partial charge on any atom is 0.407 e. The molecule has 0 radical (unpaired) electrons. The van der Waals surface area contributed by atoms with Gasteiger partial charge in [0.2, 0.25) is 10.0 Å². The number of halogens is 2. The maximum atomic E-state index is 15.1. The molecule has 0 aliphatic carbocycles.